The maximum atomic E-state index is 12.9. The maximum Gasteiger partial charge on any atom is 0.137 e. The summed E-state index contributed by atoms with van der Waals surface area (Å²) >= 11 is 3.18. The Morgan fingerprint density at radius 1 is 1.33 bits per heavy atom. The topological polar surface area (TPSA) is 12.0 Å². The van der Waals surface area contributed by atoms with Crippen LogP contribution < -0.4 is 5.32 Å². The zero-order chi connectivity index (χ0) is 11.1. The van der Waals surface area contributed by atoms with Crippen LogP contribution in [0.1, 0.15) is 31.7 Å². The molecular formula is C12H17BrFN. The molecule has 3 heteroatoms. The third-order valence-electron chi connectivity index (χ3n) is 2.27. The van der Waals surface area contributed by atoms with Crippen molar-refractivity contribution in [1.29, 1.82) is 0 Å². The van der Waals surface area contributed by atoms with Gasteiger partial charge < -0.3 is 5.32 Å². The molecule has 15 heavy (non-hydrogen) atoms. The largest absolute Gasteiger partial charge is 0.313 e. The first-order chi connectivity index (χ1) is 7.24. The second-order valence-corrected chi connectivity index (χ2v) is 4.49. The summed E-state index contributed by atoms with van der Waals surface area (Å²) in [5.41, 5.74) is 1.11. The van der Waals surface area contributed by atoms with Gasteiger partial charge in [0, 0.05) is 6.54 Å². The van der Waals surface area contributed by atoms with Crippen molar-refractivity contribution in [1.82, 2.24) is 5.32 Å². The Morgan fingerprint density at radius 3 is 2.80 bits per heavy atom. The molecule has 0 saturated carbocycles. The van der Waals surface area contributed by atoms with Crippen LogP contribution in [0.25, 0.3) is 0 Å². The highest BCUT2D eigenvalue weighted by Gasteiger charge is 1.99. The van der Waals surface area contributed by atoms with Crippen LogP contribution in [-0.2, 0) is 6.54 Å². The molecule has 1 aromatic rings. The van der Waals surface area contributed by atoms with E-state index in [2.05, 4.69) is 28.2 Å². The Bertz CT molecular complexity index is 302. The van der Waals surface area contributed by atoms with Crippen LogP contribution in [0.15, 0.2) is 22.7 Å². The van der Waals surface area contributed by atoms with Crippen LogP contribution in [0, 0.1) is 5.82 Å². The van der Waals surface area contributed by atoms with Crippen molar-refractivity contribution in [2.45, 2.75) is 32.7 Å². The van der Waals surface area contributed by atoms with Gasteiger partial charge in [0.25, 0.3) is 0 Å². The summed E-state index contributed by atoms with van der Waals surface area (Å²) in [5.74, 6) is -0.204. The lowest BCUT2D eigenvalue weighted by Crippen LogP contribution is -2.14. The fourth-order valence-electron chi connectivity index (χ4n) is 1.38. The van der Waals surface area contributed by atoms with Crippen LogP contribution in [-0.4, -0.2) is 6.54 Å². The quantitative estimate of drug-likeness (QED) is 0.776. The molecule has 0 radical (unpaired) electrons. The van der Waals surface area contributed by atoms with E-state index in [1.807, 2.05) is 12.1 Å². The fourth-order valence-corrected chi connectivity index (χ4v) is 1.81. The van der Waals surface area contributed by atoms with Gasteiger partial charge in [-0.15, -0.1) is 0 Å². The molecule has 0 aliphatic carbocycles. The molecule has 1 nitrogen and oxygen atoms in total. The first-order valence-corrected chi connectivity index (χ1v) is 6.18. The first kappa shape index (κ1) is 12.7. The van der Waals surface area contributed by atoms with Crippen LogP contribution >= 0.6 is 15.9 Å². The van der Waals surface area contributed by atoms with Gasteiger partial charge in [-0.25, -0.2) is 4.39 Å². The van der Waals surface area contributed by atoms with E-state index in [0.717, 1.165) is 18.7 Å². The standard InChI is InChI=1S/C12H17BrFN/c1-2-3-4-7-15-9-10-5-6-12(14)11(13)8-10/h5-6,8,15H,2-4,7,9H2,1H3. The van der Waals surface area contributed by atoms with Gasteiger partial charge in [-0.05, 0) is 46.6 Å². The summed E-state index contributed by atoms with van der Waals surface area (Å²) in [7, 11) is 0. The number of unbranched alkanes of at least 4 members (excludes halogenated alkanes) is 2. The lowest BCUT2D eigenvalue weighted by molar-refractivity contribution is 0.608. The van der Waals surface area contributed by atoms with Gasteiger partial charge in [0.1, 0.15) is 5.82 Å². The molecule has 0 atom stereocenters. The highest BCUT2D eigenvalue weighted by molar-refractivity contribution is 9.10. The SMILES string of the molecule is CCCCCNCc1ccc(F)c(Br)c1. The van der Waals surface area contributed by atoms with Gasteiger partial charge in [0.05, 0.1) is 4.47 Å². The number of hydrogen-bond acceptors (Lipinski definition) is 1. The van der Waals surface area contributed by atoms with Crippen LogP contribution in [0.2, 0.25) is 0 Å². The van der Waals surface area contributed by atoms with Gasteiger partial charge >= 0.3 is 0 Å². The Kier molecular flexibility index (Phi) is 5.88. The molecule has 0 saturated heterocycles. The van der Waals surface area contributed by atoms with E-state index in [0.29, 0.717) is 4.47 Å². The minimum Gasteiger partial charge on any atom is -0.313 e. The zero-order valence-corrected chi connectivity index (χ0v) is 10.6. The van der Waals surface area contributed by atoms with Crippen molar-refractivity contribution >= 4 is 15.9 Å². The second-order valence-electron chi connectivity index (χ2n) is 3.63. The summed E-state index contributed by atoms with van der Waals surface area (Å²) in [4.78, 5) is 0. The van der Waals surface area contributed by atoms with E-state index in [4.69, 9.17) is 0 Å². The molecule has 1 aromatic carbocycles. The summed E-state index contributed by atoms with van der Waals surface area (Å²) in [6.45, 7) is 4.03. The molecule has 0 fully saturated rings. The second kappa shape index (κ2) is 6.96. The molecule has 0 amide bonds. The van der Waals surface area contributed by atoms with Crippen molar-refractivity contribution in [3.05, 3.63) is 34.1 Å². The molecule has 1 rings (SSSR count). The smallest absolute Gasteiger partial charge is 0.137 e. The van der Waals surface area contributed by atoms with Gasteiger partial charge in [-0.1, -0.05) is 25.8 Å². The monoisotopic (exact) mass is 273 g/mol. The molecule has 1 N–H and O–H groups in total. The third-order valence-corrected chi connectivity index (χ3v) is 2.88. The van der Waals surface area contributed by atoms with Crippen molar-refractivity contribution in [3.63, 3.8) is 0 Å². The molecule has 0 aromatic heterocycles. The summed E-state index contributed by atoms with van der Waals surface area (Å²) in [6, 6.07) is 5.13. The molecular weight excluding hydrogens is 257 g/mol. The van der Waals surface area contributed by atoms with E-state index in [1.54, 1.807) is 0 Å². The van der Waals surface area contributed by atoms with Gasteiger partial charge in [-0.3, -0.25) is 0 Å². The molecule has 0 unspecified atom stereocenters. The van der Waals surface area contributed by atoms with E-state index >= 15 is 0 Å². The van der Waals surface area contributed by atoms with Crippen molar-refractivity contribution in [3.8, 4) is 0 Å². The number of halogens is 2. The average Bonchev–Trinajstić information content (AvgIpc) is 2.23. The lowest BCUT2D eigenvalue weighted by Gasteiger charge is -2.05. The maximum absolute atomic E-state index is 12.9. The minimum absolute atomic E-state index is 0.204. The predicted octanol–water partition coefficient (Wildman–Crippen LogP) is 3.87. The average molecular weight is 274 g/mol. The summed E-state index contributed by atoms with van der Waals surface area (Å²) < 4.78 is 13.5. The summed E-state index contributed by atoms with van der Waals surface area (Å²) in [5, 5.41) is 3.34. The van der Waals surface area contributed by atoms with Crippen LogP contribution in [0.5, 0.6) is 0 Å². The summed E-state index contributed by atoms with van der Waals surface area (Å²) in [6.07, 6.45) is 3.71. The third kappa shape index (κ3) is 4.76. The fraction of sp³-hybridized carbons (Fsp3) is 0.500. The van der Waals surface area contributed by atoms with E-state index in [1.165, 1.54) is 25.3 Å². The Morgan fingerprint density at radius 2 is 2.13 bits per heavy atom. The number of rotatable bonds is 6. The highest BCUT2D eigenvalue weighted by atomic mass is 79.9. The van der Waals surface area contributed by atoms with E-state index in [-0.39, 0.29) is 5.82 Å². The van der Waals surface area contributed by atoms with Crippen molar-refractivity contribution in [2.24, 2.45) is 0 Å². The number of benzene rings is 1. The van der Waals surface area contributed by atoms with Gasteiger partial charge in [-0.2, -0.15) is 0 Å². The van der Waals surface area contributed by atoms with Crippen molar-refractivity contribution < 1.29 is 4.39 Å². The minimum atomic E-state index is -0.204. The lowest BCUT2D eigenvalue weighted by atomic mass is 10.2. The normalized spacial score (nSPS) is 10.6. The van der Waals surface area contributed by atoms with Crippen LogP contribution in [0.3, 0.4) is 0 Å². The number of hydrogen-bond donors (Lipinski definition) is 1. The molecule has 0 spiro atoms. The predicted molar refractivity (Wildman–Crippen MR) is 65.3 cm³/mol. The first-order valence-electron chi connectivity index (χ1n) is 5.38. The van der Waals surface area contributed by atoms with E-state index < -0.39 is 0 Å². The molecule has 0 aliphatic rings. The zero-order valence-electron chi connectivity index (χ0n) is 9.02. The van der Waals surface area contributed by atoms with E-state index in [9.17, 15) is 4.39 Å². The molecule has 0 bridgehead atoms. The van der Waals surface area contributed by atoms with Crippen LogP contribution in [0.4, 0.5) is 4.39 Å². The number of nitrogens with one attached hydrogen (secondary N) is 1. The molecule has 84 valence electrons. The van der Waals surface area contributed by atoms with Gasteiger partial charge in [0.2, 0.25) is 0 Å². The van der Waals surface area contributed by atoms with Crippen molar-refractivity contribution in [2.75, 3.05) is 6.54 Å². The highest BCUT2D eigenvalue weighted by Crippen LogP contribution is 2.16. The Hall–Kier alpha value is -0.410. The molecule has 0 aliphatic heterocycles. The molecule has 0 heterocycles. The Labute approximate surface area is 99.2 Å². The Balaban J connectivity index is 2.28. The van der Waals surface area contributed by atoms with Gasteiger partial charge in [0.15, 0.2) is 0 Å².